The topological polar surface area (TPSA) is 78.3 Å². The van der Waals surface area contributed by atoms with Gasteiger partial charge in [0.15, 0.2) is 11.6 Å². The highest BCUT2D eigenvalue weighted by Gasteiger charge is 2.27. The monoisotopic (exact) mass is 226 g/mol. The van der Waals surface area contributed by atoms with Crippen LogP contribution in [0.3, 0.4) is 0 Å². The van der Waals surface area contributed by atoms with E-state index in [9.17, 15) is 9.18 Å². The molecule has 16 heavy (non-hydrogen) atoms. The maximum Gasteiger partial charge on any atom is 0.240 e. The molecule has 0 radical (unpaired) electrons. The Morgan fingerprint density at radius 3 is 2.75 bits per heavy atom. The van der Waals surface area contributed by atoms with Crippen LogP contribution in [0.15, 0.2) is 18.2 Å². The highest BCUT2D eigenvalue weighted by molar-refractivity contribution is 5.84. The van der Waals surface area contributed by atoms with Crippen molar-refractivity contribution in [1.29, 1.82) is 0 Å². The van der Waals surface area contributed by atoms with Crippen molar-refractivity contribution in [2.24, 2.45) is 11.5 Å². The lowest BCUT2D eigenvalue weighted by molar-refractivity contribution is -0.123. The van der Waals surface area contributed by atoms with Crippen LogP contribution < -0.4 is 16.2 Å². The molecule has 0 saturated carbocycles. The molecule has 0 aromatic heterocycles. The number of aryl methyl sites for hydroxylation is 1. The van der Waals surface area contributed by atoms with Crippen molar-refractivity contribution in [1.82, 2.24) is 0 Å². The molecule has 0 aliphatic rings. The third kappa shape index (κ3) is 2.70. The van der Waals surface area contributed by atoms with Crippen LogP contribution in [-0.2, 0) is 4.79 Å². The molecular formula is C11H15FN2O2. The van der Waals surface area contributed by atoms with Gasteiger partial charge in [-0.3, -0.25) is 4.79 Å². The Kier molecular flexibility index (Phi) is 3.49. The number of rotatable bonds is 4. The van der Waals surface area contributed by atoms with Gasteiger partial charge in [0.25, 0.3) is 0 Å². The summed E-state index contributed by atoms with van der Waals surface area (Å²) in [5.74, 6) is -1.08. The van der Waals surface area contributed by atoms with Gasteiger partial charge in [0.05, 0.1) is 0 Å². The zero-order chi connectivity index (χ0) is 12.3. The fourth-order valence-electron chi connectivity index (χ4n) is 1.03. The first-order chi connectivity index (χ1) is 7.34. The Morgan fingerprint density at radius 1 is 1.56 bits per heavy atom. The largest absolute Gasteiger partial charge is 0.488 e. The van der Waals surface area contributed by atoms with E-state index in [0.717, 1.165) is 0 Å². The van der Waals surface area contributed by atoms with Crippen molar-refractivity contribution >= 4 is 5.91 Å². The normalized spacial score (nSPS) is 14.2. The molecule has 0 saturated heterocycles. The number of ether oxygens (including phenoxy) is 1. The predicted octanol–water partition coefficient (Wildman–Crippen LogP) is 0.716. The second-order valence-corrected chi connectivity index (χ2v) is 3.96. The first kappa shape index (κ1) is 12.4. The standard InChI is InChI=1S/C11H15FN2O2/c1-7-4-3-5-8(9(7)12)16-6-11(2,14)10(13)15/h3-5H,6,14H2,1-2H3,(H2,13,15). The highest BCUT2D eigenvalue weighted by Crippen LogP contribution is 2.20. The van der Waals surface area contributed by atoms with Gasteiger partial charge in [-0.1, -0.05) is 12.1 Å². The molecule has 88 valence electrons. The van der Waals surface area contributed by atoms with E-state index in [0.29, 0.717) is 5.56 Å². The van der Waals surface area contributed by atoms with Crippen molar-refractivity contribution in [2.75, 3.05) is 6.61 Å². The molecule has 0 heterocycles. The lowest BCUT2D eigenvalue weighted by atomic mass is 10.1. The van der Waals surface area contributed by atoms with Gasteiger partial charge in [0.1, 0.15) is 12.1 Å². The average Bonchev–Trinajstić information content (AvgIpc) is 2.20. The summed E-state index contributed by atoms with van der Waals surface area (Å²) in [5.41, 5.74) is 9.80. The molecule has 5 heteroatoms. The van der Waals surface area contributed by atoms with Crippen molar-refractivity contribution < 1.29 is 13.9 Å². The van der Waals surface area contributed by atoms with E-state index in [2.05, 4.69) is 0 Å². The zero-order valence-corrected chi connectivity index (χ0v) is 9.29. The number of carbonyl (C=O) groups excluding carboxylic acids is 1. The van der Waals surface area contributed by atoms with Gasteiger partial charge >= 0.3 is 0 Å². The van der Waals surface area contributed by atoms with E-state index in [1.807, 2.05) is 0 Å². The van der Waals surface area contributed by atoms with Crippen molar-refractivity contribution in [3.8, 4) is 5.75 Å². The molecular weight excluding hydrogens is 211 g/mol. The molecule has 0 bridgehead atoms. The van der Waals surface area contributed by atoms with Crippen LogP contribution in [0.1, 0.15) is 12.5 Å². The van der Waals surface area contributed by atoms with Gasteiger partial charge < -0.3 is 16.2 Å². The number of nitrogens with two attached hydrogens (primary N) is 2. The fourth-order valence-corrected chi connectivity index (χ4v) is 1.03. The number of halogens is 1. The lowest BCUT2D eigenvalue weighted by Gasteiger charge is -2.21. The molecule has 1 aromatic carbocycles. The van der Waals surface area contributed by atoms with Gasteiger partial charge in [-0.25, -0.2) is 4.39 Å². The molecule has 1 unspecified atom stereocenters. The minimum atomic E-state index is -1.31. The van der Waals surface area contributed by atoms with E-state index in [1.54, 1.807) is 19.1 Å². The smallest absolute Gasteiger partial charge is 0.240 e. The Balaban J connectivity index is 2.76. The van der Waals surface area contributed by atoms with Crippen molar-refractivity contribution in [3.63, 3.8) is 0 Å². The summed E-state index contributed by atoms with van der Waals surface area (Å²) in [7, 11) is 0. The number of hydrogen-bond acceptors (Lipinski definition) is 3. The number of hydrogen-bond donors (Lipinski definition) is 2. The fraction of sp³-hybridized carbons (Fsp3) is 0.364. The molecule has 0 spiro atoms. The van der Waals surface area contributed by atoms with Crippen LogP contribution >= 0.6 is 0 Å². The quantitative estimate of drug-likeness (QED) is 0.793. The average molecular weight is 226 g/mol. The van der Waals surface area contributed by atoms with Crippen LogP contribution in [0, 0.1) is 12.7 Å². The van der Waals surface area contributed by atoms with Crippen molar-refractivity contribution in [2.45, 2.75) is 19.4 Å². The van der Waals surface area contributed by atoms with Gasteiger partial charge in [0, 0.05) is 0 Å². The van der Waals surface area contributed by atoms with Crippen molar-refractivity contribution in [3.05, 3.63) is 29.6 Å². The molecule has 0 aliphatic carbocycles. The van der Waals surface area contributed by atoms with E-state index in [1.165, 1.54) is 13.0 Å². The minimum absolute atomic E-state index is 0.0675. The number of amides is 1. The van der Waals surface area contributed by atoms with E-state index in [4.69, 9.17) is 16.2 Å². The summed E-state index contributed by atoms with van der Waals surface area (Å²) in [4.78, 5) is 10.9. The minimum Gasteiger partial charge on any atom is -0.488 e. The number of benzene rings is 1. The molecule has 1 atom stereocenters. The van der Waals surface area contributed by atoms with Gasteiger partial charge in [0.2, 0.25) is 5.91 Å². The maximum absolute atomic E-state index is 13.5. The molecule has 1 aromatic rings. The van der Waals surface area contributed by atoms with Crippen LogP contribution in [0.2, 0.25) is 0 Å². The van der Waals surface area contributed by atoms with E-state index >= 15 is 0 Å². The molecule has 0 fully saturated rings. The highest BCUT2D eigenvalue weighted by atomic mass is 19.1. The second-order valence-electron chi connectivity index (χ2n) is 3.96. The van der Waals surface area contributed by atoms with Crippen LogP contribution in [0.4, 0.5) is 4.39 Å². The Hall–Kier alpha value is -1.62. The molecule has 1 amide bonds. The first-order valence-electron chi connectivity index (χ1n) is 4.81. The zero-order valence-electron chi connectivity index (χ0n) is 9.29. The summed E-state index contributed by atoms with van der Waals surface area (Å²) in [6.45, 7) is 2.89. The maximum atomic E-state index is 13.5. The summed E-state index contributed by atoms with van der Waals surface area (Å²) in [6.07, 6.45) is 0. The Labute approximate surface area is 93.4 Å². The lowest BCUT2D eigenvalue weighted by Crippen LogP contribution is -2.53. The number of primary amides is 1. The molecule has 1 rings (SSSR count). The summed E-state index contributed by atoms with van der Waals surface area (Å²) >= 11 is 0. The molecule has 0 aliphatic heterocycles. The van der Waals surface area contributed by atoms with Crippen LogP contribution in [0.5, 0.6) is 5.75 Å². The Morgan fingerprint density at radius 2 is 2.19 bits per heavy atom. The van der Waals surface area contributed by atoms with Gasteiger partial charge in [-0.05, 0) is 25.5 Å². The third-order valence-electron chi connectivity index (χ3n) is 2.25. The van der Waals surface area contributed by atoms with Gasteiger partial charge in [-0.15, -0.1) is 0 Å². The van der Waals surface area contributed by atoms with Crippen LogP contribution in [0.25, 0.3) is 0 Å². The summed E-state index contributed by atoms with van der Waals surface area (Å²) < 4.78 is 18.6. The Bertz CT molecular complexity index is 405. The summed E-state index contributed by atoms with van der Waals surface area (Å²) in [6, 6.07) is 4.75. The predicted molar refractivity (Wildman–Crippen MR) is 58.4 cm³/mol. The second kappa shape index (κ2) is 4.49. The van der Waals surface area contributed by atoms with E-state index in [-0.39, 0.29) is 12.4 Å². The van der Waals surface area contributed by atoms with Gasteiger partial charge in [-0.2, -0.15) is 0 Å². The first-order valence-corrected chi connectivity index (χ1v) is 4.81. The molecule has 4 N–H and O–H groups in total. The summed E-state index contributed by atoms with van der Waals surface area (Å²) in [5, 5.41) is 0. The molecule has 4 nitrogen and oxygen atoms in total. The third-order valence-corrected chi connectivity index (χ3v) is 2.25. The van der Waals surface area contributed by atoms with Crippen LogP contribution in [-0.4, -0.2) is 18.1 Å². The van der Waals surface area contributed by atoms with E-state index < -0.39 is 17.3 Å². The SMILES string of the molecule is Cc1cccc(OCC(C)(N)C(N)=O)c1F. The number of carbonyl (C=O) groups is 1.